The van der Waals surface area contributed by atoms with Crippen molar-refractivity contribution in [1.29, 1.82) is 0 Å². The number of rotatable bonds is 3. The maximum absolute atomic E-state index is 12.3. The van der Waals surface area contributed by atoms with Crippen LogP contribution in [0.15, 0.2) is 23.1 Å². The summed E-state index contributed by atoms with van der Waals surface area (Å²) in [5, 5.41) is 10.2. The summed E-state index contributed by atoms with van der Waals surface area (Å²) in [5.41, 5.74) is 0.504. The lowest BCUT2D eigenvalue weighted by Gasteiger charge is -2.25. The van der Waals surface area contributed by atoms with Crippen LogP contribution in [0.5, 0.6) is 0 Å². The van der Waals surface area contributed by atoms with Crippen LogP contribution in [0.25, 0.3) is 0 Å². The van der Waals surface area contributed by atoms with Gasteiger partial charge >= 0.3 is 0 Å². The van der Waals surface area contributed by atoms with Crippen LogP contribution in [-0.4, -0.2) is 14.9 Å². The first-order chi connectivity index (χ1) is 9.00. The second kappa shape index (κ2) is 7.34. The van der Waals surface area contributed by atoms with E-state index in [1.54, 1.807) is 13.8 Å². The van der Waals surface area contributed by atoms with Gasteiger partial charge in [-0.15, -0.1) is 0 Å². The molecule has 0 bridgehead atoms. The number of aliphatic hydroxyl groups is 1. The highest BCUT2D eigenvalue weighted by Gasteiger charge is 2.24. The molecule has 0 saturated carbocycles. The molecule has 0 aliphatic rings. The Hall–Kier alpha value is -0.710. The van der Waals surface area contributed by atoms with Gasteiger partial charge < -0.3 is 5.11 Å². The fraction of sp³-hybridized carbons (Fsp3) is 0.625. The van der Waals surface area contributed by atoms with E-state index in [0.29, 0.717) is 10.5 Å². The summed E-state index contributed by atoms with van der Waals surface area (Å²) in [5.74, 6) is 0. The summed E-state index contributed by atoms with van der Waals surface area (Å²) in [6, 6.07) is 5.61. The van der Waals surface area contributed by atoms with E-state index in [2.05, 4.69) is 4.72 Å². The standard InChI is InChI=1S/C14H23NO2S.C2H6/c1-10-7-8-12(11(9-10)14(5,6)16)18(17)15-13(2,3)4;1-2/h7-9,15-16H,1-6H3;1-2H3. The largest absolute Gasteiger partial charge is 0.386 e. The van der Waals surface area contributed by atoms with E-state index in [-0.39, 0.29) is 5.54 Å². The second-order valence-corrected chi connectivity index (χ2v) is 7.36. The Kier molecular flexibility index (Phi) is 7.08. The highest BCUT2D eigenvalue weighted by Crippen LogP contribution is 2.27. The molecule has 0 aliphatic carbocycles. The van der Waals surface area contributed by atoms with Gasteiger partial charge in [0.15, 0.2) is 0 Å². The Morgan fingerprint density at radius 2 is 1.60 bits per heavy atom. The lowest BCUT2D eigenvalue weighted by atomic mass is 9.97. The molecular formula is C16H29NO2S. The second-order valence-electron chi connectivity index (χ2n) is 6.18. The van der Waals surface area contributed by atoms with Crippen molar-refractivity contribution >= 4 is 11.0 Å². The Balaban J connectivity index is 0.00000172. The molecule has 116 valence electrons. The van der Waals surface area contributed by atoms with Crippen molar-refractivity contribution in [2.75, 3.05) is 0 Å². The van der Waals surface area contributed by atoms with Gasteiger partial charge in [0, 0.05) is 11.1 Å². The van der Waals surface area contributed by atoms with Gasteiger partial charge in [0.2, 0.25) is 0 Å². The minimum atomic E-state index is -1.33. The summed E-state index contributed by atoms with van der Waals surface area (Å²) in [6.07, 6.45) is 0. The molecule has 0 aliphatic heterocycles. The van der Waals surface area contributed by atoms with E-state index in [0.717, 1.165) is 5.56 Å². The van der Waals surface area contributed by atoms with E-state index in [1.165, 1.54) is 0 Å². The van der Waals surface area contributed by atoms with Gasteiger partial charge in [0.1, 0.15) is 11.0 Å². The van der Waals surface area contributed by atoms with Gasteiger partial charge in [-0.1, -0.05) is 31.5 Å². The molecule has 2 N–H and O–H groups in total. The molecular weight excluding hydrogens is 270 g/mol. The molecule has 0 radical (unpaired) electrons. The topological polar surface area (TPSA) is 49.3 Å². The van der Waals surface area contributed by atoms with E-state index in [4.69, 9.17) is 0 Å². The van der Waals surface area contributed by atoms with Crippen molar-refractivity contribution in [3.8, 4) is 0 Å². The molecule has 0 amide bonds. The fourth-order valence-electron chi connectivity index (χ4n) is 1.62. The molecule has 4 heteroatoms. The van der Waals surface area contributed by atoms with Crippen molar-refractivity contribution in [1.82, 2.24) is 4.72 Å². The SMILES string of the molecule is CC.Cc1ccc(S(=O)NC(C)(C)C)c(C(C)(C)O)c1. The number of nitrogens with one attached hydrogen (secondary N) is 1. The normalized spacial score (nSPS) is 13.4. The van der Waals surface area contributed by atoms with E-state index in [1.807, 2.05) is 59.7 Å². The Labute approximate surface area is 126 Å². The molecule has 1 aromatic rings. The van der Waals surface area contributed by atoms with Gasteiger partial charge in [-0.25, -0.2) is 8.93 Å². The quantitative estimate of drug-likeness (QED) is 0.895. The third-order valence-electron chi connectivity index (χ3n) is 2.39. The van der Waals surface area contributed by atoms with Crippen LogP contribution in [0, 0.1) is 6.92 Å². The van der Waals surface area contributed by atoms with Crippen molar-refractivity contribution in [2.45, 2.75) is 71.4 Å². The monoisotopic (exact) mass is 299 g/mol. The molecule has 3 nitrogen and oxygen atoms in total. The molecule has 0 spiro atoms. The summed E-state index contributed by atoms with van der Waals surface area (Å²) in [6.45, 7) is 15.3. The molecule has 0 fully saturated rings. The van der Waals surface area contributed by atoms with Crippen LogP contribution >= 0.6 is 0 Å². The van der Waals surface area contributed by atoms with Crippen LogP contribution in [0.3, 0.4) is 0 Å². The van der Waals surface area contributed by atoms with E-state index < -0.39 is 16.6 Å². The van der Waals surface area contributed by atoms with Gasteiger partial charge in [-0.05, 0) is 47.6 Å². The number of aryl methyl sites for hydroxylation is 1. The van der Waals surface area contributed by atoms with Crippen LogP contribution in [0.4, 0.5) is 0 Å². The minimum Gasteiger partial charge on any atom is -0.386 e. The highest BCUT2D eigenvalue weighted by atomic mass is 32.2. The van der Waals surface area contributed by atoms with Crippen LogP contribution in [0.2, 0.25) is 0 Å². The lowest BCUT2D eigenvalue weighted by Crippen LogP contribution is -2.38. The van der Waals surface area contributed by atoms with Crippen LogP contribution in [0.1, 0.15) is 59.6 Å². The van der Waals surface area contributed by atoms with Crippen LogP contribution in [-0.2, 0) is 16.6 Å². The molecule has 0 heterocycles. The number of hydrogen-bond acceptors (Lipinski definition) is 2. The zero-order valence-electron chi connectivity index (χ0n) is 14.0. The lowest BCUT2D eigenvalue weighted by molar-refractivity contribution is 0.0755. The van der Waals surface area contributed by atoms with Crippen molar-refractivity contribution < 1.29 is 9.32 Å². The molecule has 1 aromatic carbocycles. The first-order valence-corrected chi connectivity index (χ1v) is 8.19. The van der Waals surface area contributed by atoms with Gasteiger partial charge in [-0.2, -0.15) is 0 Å². The average Bonchev–Trinajstić information content (AvgIpc) is 2.28. The smallest absolute Gasteiger partial charge is 0.125 e. The van der Waals surface area contributed by atoms with Crippen molar-refractivity contribution in [3.63, 3.8) is 0 Å². The van der Waals surface area contributed by atoms with Gasteiger partial charge in [0.05, 0.1) is 10.5 Å². The molecule has 0 aromatic heterocycles. The average molecular weight is 299 g/mol. The molecule has 20 heavy (non-hydrogen) atoms. The summed E-state index contributed by atoms with van der Waals surface area (Å²) in [7, 11) is -1.33. The van der Waals surface area contributed by atoms with Crippen LogP contribution < -0.4 is 4.72 Å². The third-order valence-corrected chi connectivity index (χ3v) is 3.95. The number of benzene rings is 1. The van der Waals surface area contributed by atoms with Gasteiger partial charge in [0.25, 0.3) is 0 Å². The third kappa shape index (κ3) is 6.16. The first-order valence-electron chi connectivity index (χ1n) is 7.04. The highest BCUT2D eigenvalue weighted by molar-refractivity contribution is 7.83. The predicted octanol–water partition coefficient (Wildman–Crippen LogP) is 3.66. The first kappa shape index (κ1) is 19.3. The maximum Gasteiger partial charge on any atom is 0.125 e. The summed E-state index contributed by atoms with van der Waals surface area (Å²) < 4.78 is 15.4. The predicted molar refractivity (Wildman–Crippen MR) is 87.1 cm³/mol. The fourth-order valence-corrected chi connectivity index (χ4v) is 2.98. The summed E-state index contributed by atoms with van der Waals surface area (Å²) >= 11 is 0. The van der Waals surface area contributed by atoms with E-state index >= 15 is 0 Å². The zero-order chi connectivity index (χ0) is 16.1. The van der Waals surface area contributed by atoms with Crippen molar-refractivity contribution in [2.24, 2.45) is 0 Å². The Morgan fingerprint density at radius 3 is 2.00 bits per heavy atom. The summed E-state index contributed by atoms with van der Waals surface area (Å²) in [4.78, 5) is 0.642. The molecule has 0 saturated heterocycles. The van der Waals surface area contributed by atoms with Gasteiger partial charge in [-0.3, -0.25) is 0 Å². The molecule has 1 unspecified atom stereocenters. The minimum absolute atomic E-state index is 0.243. The molecule has 1 rings (SSSR count). The molecule has 1 atom stereocenters. The zero-order valence-corrected chi connectivity index (χ0v) is 14.8. The Morgan fingerprint density at radius 1 is 1.10 bits per heavy atom. The number of hydrogen-bond donors (Lipinski definition) is 2. The van der Waals surface area contributed by atoms with Crippen molar-refractivity contribution in [3.05, 3.63) is 29.3 Å². The van der Waals surface area contributed by atoms with E-state index in [9.17, 15) is 9.32 Å². The Bertz CT molecular complexity index is 457. The maximum atomic E-state index is 12.3.